The summed E-state index contributed by atoms with van der Waals surface area (Å²) >= 11 is 0. The Hall–Kier alpha value is -1.98. The standard InChI is InChI=1S/C23H34N2O3/c1-5-8-14-20(17(4)23(27-6-2)28-7-3)22(26)25-16-19-12-9-11-18-13-10-15-24-21(18)19/h9-13,15,17,20,23H,5-8,14,16H2,1-4H3,(H,25,26)/t17-,20?/m0/s1. The first-order valence-electron chi connectivity index (χ1n) is 10.5. The number of unbranched alkanes of at least 4 members (excludes halogenated alkanes) is 1. The second kappa shape index (κ2) is 11.8. The van der Waals surface area contributed by atoms with Crippen LogP contribution in [0.2, 0.25) is 0 Å². The molecular weight excluding hydrogens is 352 g/mol. The number of hydrogen-bond donors (Lipinski definition) is 1. The third-order valence-electron chi connectivity index (χ3n) is 5.10. The summed E-state index contributed by atoms with van der Waals surface area (Å²) in [5, 5.41) is 4.21. The quantitative estimate of drug-likeness (QED) is 0.538. The lowest BCUT2D eigenvalue weighted by atomic mass is 9.87. The van der Waals surface area contributed by atoms with E-state index in [1.165, 1.54) is 0 Å². The van der Waals surface area contributed by atoms with E-state index in [-0.39, 0.29) is 24.0 Å². The number of hydrogen-bond acceptors (Lipinski definition) is 4. The summed E-state index contributed by atoms with van der Waals surface area (Å²) in [7, 11) is 0. The van der Waals surface area contributed by atoms with Crippen molar-refractivity contribution < 1.29 is 14.3 Å². The summed E-state index contributed by atoms with van der Waals surface area (Å²) in [5.41, 5.74) is 1.96. The fourth-order valence-corrected chi connectivity index (χ4v) is 3.55. The van der Waals surface area contributed by atoms with E-state index >= 15 is 0 Å². The highest BCUT2D eigenvalue weighted by Crippen LogP contribution is 2.25. The van der Waals surface area contributed by atoms with E-state index in [0.717, 1.165) is 35.7 Å². The van der Waals surface area contributed by atoms with Crippen LogP contribution >= 0.6 is 0 Å². The lowest BCUT2D eigenvalue weighted by Gasteiger charge is -2.30. The van der Waals surface area contributed by atoms with Crippen molar-refractivity contribution in [1.29, 1.82) is 0 Å². The van der Waals surface area contributed by atoms with Crippen molar-refractivity contribution in [2.24, 2.45) is 11.8 Å². The van der Waals surface area contributed by atoms with Gasteiger partial charge in [-0.2, -0.15) is 0 Å². The molecule has 154 valence electrons. The number of rotatable bonds is 12. The number of benzene rings is 1. The molecule has 2 rings (SSSR count). The first kappa shape index (κ1) is 22.3. The monoisotopic (exact) mass is 386 g/mol. The molecule has 1 aromatic heterocycles. The zero-order chi connectivity index (χ0) is 20.4. The molecule has 1 amide bonds. The minimum Gasteiger partial charge on any atom is -0.353 e. The van der Waals surface area contributed by atoms with E-state index in [1.807, 2.05) is 44.2 Å². The minimum atomic E-state index is -0.359. The molecule has 5 heteroatoms. The third-order valence-corrected chi connectivity index (χ3v) is 5.10. The number of fused-ring (bicyclic) bond motifs is 1. The Labute approximate surface area is 168 Å². The Kier molecular flexibility index (Phi) is 9.38. The van der Waals surface area contributed by atoms with E-state index in [4.69, 9.17) is 9.47 Å². The number of nitrogens with one attached hydrogen (secondary N) is 1. The first-order chi connectivity index (χ1) is 13.6. The molecule has 0 saturated carbocycles. The molecular formula is C23H34N2O3. The largest absolute Gasteiger partial charge is 0.353 e. The SMILES string of the molecule is CCCCC(C(=O)NCc1cccc2cccnc12)[C@H](C)C(OCC)OCC. The molecule has 1 unspecified atom stereocenters. The average Bonchev–Trinajstić information content (AvgIpc) is 2.72. The van der Waals surface area contributed by atoms with Crippen molar-refractivity contribution >= 4 is 16.8 Å². The number of carbonyl (C=O) groups is 1. The molecule has 0 bridgehead atoms. The molecule has 0 saturated heterocycles. The highest BCUT2D eigenvalue weighted by molar-refractivity contribution is 5.83. The first-order valence-corrected chi connectivity index (χ1v) is 10.5. The maximum atomic E-state index is 13.1. The highest BCUT2D eigenvalue weighted by Gasteiger charge is 2.31. The maximum Gasteiger partial charge on any atom is 0.223 e. The number of nitrogens with zero attached hydrogens (tertiary/aromatic N) is 1. The fraction of sp³-hybridized carbons (Fsp3) is 0.565. The Morgan fingerprint density at radius 3 is 2.50 bits per heavy atom. The molecule has 2 atom stereocenters. The van der Waals surface area contributed by atoms with Crippen LogP contribution in [0.3, 0.4) is 0 Å². The molecule has 2 aromatic rings. The summed E-state index contributed by atoms with van der Waals surface area (Å²) in [4.78, 5) is 17.5. The van der Waals surface area contributed by atoms with Crippen molar-refractivity contribution in [2.75, 3.05) is 13.2 Å². The van der Waals surface area contributed by atoms with Crippen LogP contribution in [0.4, 0.5) is 0 Å². The number of amides is 1. The number of para-hydroxylation sites is 1. The fourth-order valence-electron chi connectivity index (χ4n) is 3.55. The third kappa shape index (κ3) is 6.01. The Balaban J connectivity index is 2.11. The van der Waals surface area contributed by atoms with Crippen molar-refractivity contribution in [3.8, 4) is 0 Å². The van der Waals surface area contributed by atoms with E-state index < -0.39 is 0 Å². The topological polar surface area (TPSA) is 60.5 Å². The summed E-state index contributed by atoms with van der Waals surface area (Å²) in [5.74, 6) is -0.110. The van der Waals surface area contributed by atoms with Gasteiger partial charge in [0.05, 0.1) is 5.52 Å². The predicted octanol–water partition coefficient (Wildman–Crippen LogP) is 4.69. The van der Waals surface area contributed by atoms with Gasteiger partial charge in [0, 0.05) is 43.2 Å². The molecule has 1 aromatic carbocycles. The predicted molar refractivity (Wildman–Crippen MR) is 113 cm³/mol. The Morgan fingerprint density at radius 1 is 1.11 bits per heavy atom. The van der Waals surface area contributed by atoms with Gasteiger partial charge >= 0.3 is 0 Å². The van der Waals surface area contributed by atoms with Gasteiger partial charge in [-0.1, -0.05) is 51.0 Å². The van der Waals surface area contributed by atoms with Gasteiger partial charge in [0.25, 0.3) is 0 Å². The van der Waals surface area contributed by atoms with Crippen molar-refractivity contribution in [3.63, 3.8) is 0 Å². The minimum absolute atomic E-state index is 0.0166. The van der Waals surface area contributed by atoms with E-state index in [9.17, 15) is 4.79 Å². The van der Waals surface area contributed by atoms with Gasteiger partial charge < -0.3 is 14.8 Å². The normalized spacial score (nSPS) is 13.6. The molecule has 0 aliphatic rings. The molecule has 0 radical (unpaired) electrons. The van der Waals surface area contributed by atoms with Gasteiger partial charge in [-0.05, 0) is 31.9 Å². The van der Waals surface area contributed by atoms with Crippen LogP contribution < -0.4 is 5.32 Å². The number of pyridine rings is 1. The summed E-state index contributed by atoms with van der Waals surface area (Å²) in [6, 6.07) is 10.0. The highest BCUT2D eigenvalue weighted by atomic mass is 16.7. The van der Waals surface area contributed by atoms with E-state index in [0.29, 0.717) is 19.8 Å². The number of carbonyl (C=O) groups excluding carboxylic acids is 1. The van der Waals surface area contributed by atoms with E-state index in [2.05, 4.69) is 24.1 Å². The molecule has 1 heterocycles. The molecule has 0 spiro atoms. The second-order valence-electron chi connectivity index (χ2n) is 7.10. The second-order valence-corrected chi connectivity index (χ2v) is 7.10. The summed E-state index contributed by atoms with van der Waals surface area (Å²) in [6.07, 6.45) is 4.31. The zero-order valence-electron chi connectivity index (χ0n) is 17.6. The molecule has 28 heavy (non-hydrogen) atoms. The van der Waals surface area contributed by atoms with Gasteiger partial charge in [0.1, 0.15) is 0 Å². The van der Waals surface area contributed by atoms with Gasteiger partial charge in [-0.15, -0.1) is 0 Å². The maximum absolute atomic E-state index is 13.1. The van der Waals surface area contributed by atoms with Crippen LogP contribution in [0.5, 0.6) is 0 Å². The summed E-state index contributed by atoms with van der Waals surface area (Å²) in [6.45, 7) is 9.70. The van der Waals surface area contributed by atoms with E-state index in [1.54, 1.807) is 6.20 Å². The van der Waals surface area contributed by atoms with Crippen molar-refractivity contribution in [3.05, 3.63) is 42.1 Å². The molecule has 1 N–H and O–H groups in total. The molecule has 0 aliphatic carbocycles. The number of aromatic nitrogens is 1. The van der Waals surface area contributed by atoms with Crippen molar-refractivity contribution in [1.82, 2.24) is 10.3 Å². The molecule has 0 aliphatic heterocycles. The van der Waals surface area contributed by atoms with Gasteiger partial charge in [0.2, 0.25) is 5.91 Å². The van der Waals surface area contributed by atoms with Crippen molar-refractivity contribution in [2.45, 2.75) is 59.8 Å². The van der Waals surface area contributed by atoms with Crippen LogP contribution in [0.1, 0.15) is 52.5 Å². The van der Waals surface area contributed by atoms with Crippen LogP contribution in [0.15, 0.2) is 36.5 Å². The Bertz CT molecular complexity index is 723. The smallest absolute Gasteiger partial charge is 0.223 e. The lowest BCUT2D eigenvalue weighted by Crippen LogP contribution is -2.40. The lowest BCUT2D eigenvalue weighted by molar-refractivity contribution is -0.177. The number of ether oxygens (including phenoxy) is 2. The molecule has 0 fully saturated rings. The summed E-state index contributed by atoms with van der Waals surface area (Å²) < 4.78 is 11.5. The van der Waals surface area contributed by atoms with Gasteiger partial charge in [-0.25, -0.2) is 0 Å². The average molecular weight is 387 g/mol. The van der Waals surface area contributed by atoms with Crippen LogP contribution in [0, 0.1) is 11.8 Å². The molecule has 5 nitrogen and oxygen atoms in total. The van der Waals surface area contributed by atoms with Gasteiger partial charge in [0.15, 0.2) is 6.29 Å². The zero-order valence-corrected chi connectivity index (χ0v) is 17.6. The van der Waals surface area contributed by atoms with Gasteiger partial charge in [-0.3, -0.25) is 9.78 Å². The van der Waals surface area contributed by atoms with Crippen LogP contribution in [-0.2, 0) is 20.8 Å². The van der Waals surface area contributed by atoms with Crippen LogP contribution in [0.25, 0.3) is 10.9 Å². The Morgan fingerprint density at radius 2 is 1.82 bits per heavy atom. The van der Waals surface area contributed by atoms with Crippen LogP contribution in [-0.4, -0.2) is 30.4 Å².